The number of rotatable bonds is 2. The molecule has 2 N–H and O–H groups in total. The summed E-state index contributed by atoms with van der Waals surface area (Å²) in [7, 11) is 0. The average molecular weight is 399 g/mol. The Hall–Kier alpha value is -0.780. The van der Waals surface area contributed by atoms with E-state index in [0.29, 0.717) is 17.2 Å². The third-order valence-corrected chi connectivity index (χ3v) is 7.97. The first-order valence-corrected chi connectivity index (χ1v) is 8.59. The SMILES string of the molecule is Cc1cc(C(=O)OC2CC3CCC2(C)C3(C)I)ccc1N. The van der Waals surface area contributed by atoms with E-state index >= 15 is 0 Å². The number of fused-ring (bicyclic) bond motifs is 2. The molecule has 0 amide bonds. The van der Waals surface area contributed by atoms with E-state index in [0.717, 1.165) is 18.4 Å². The fourth-order valence-corrected chi connectivity index (χ4v) is 5.15. The number of nitrogens with two attached hydrogens (primary N) is 1. The topological polar surface area (TPSA) is 52.3 Å². The fraction of sp³-hybridized carbons (Fsp3) is 0.588. The molecule has 0 radical (unpaired) electrons. The second kappa shape index (κ2) is 4.86. The zero-order valence-corrected chi connectivity index (χ0v) is 14.9. The van der Waals surface area contributed by atoms with E-state index in [-0.39, 0.29) is 20.9 Å². The van der Waals surface area contributed by atoms with Crippen LogP contribution in [0.25, 0.3) is 0 Å². The zero-order chi connectivity index (χ0) is 15.4. The highest BCUT2D eigenvalue weighted by Crippen LogP contribution is 2.65. The van der Waals surface area contributed by atoms with E-state index < -0.39 is 0 Å². The molecule has 0 spiro atoms. The van der Waals surface area contributed by atoms with E-state index in [1.165, 1.54) is 6.42 Å². The van der Waals surface area contributed by atoms with E-state index in [4.69, 9.17) is 10.5 Å². The number of ether oxygens (including phenoxy) is 1. The Morgan fingerprint density at radius 2 is 2.14 bits per heavy atom. The maximum Gasteiger partial charge on any atom is 0.338 e. The van der Waals surface area contributed by atoms with Gasteiger partial charge < -0.3 is 10.5 Å². The first-order valence-electron chi connectivity index (χ1n) is 7.52. The quantitative estimate of drug-likeness (QED) is 0.352. The molecule has 2 aliphatic rings. The van der Waals surface area contributed by atoms with Crippen LogP contribution in [0.3, 0.4) is 0 Å². The van der Waals surface area contributed by atoms with Crippen molar-refractivity contribution in [3.8, 4) is 0 Å². The lowest BCUT2D eigenvalue weighted by atomic mass is 9.79. The number of hydrogen-bond donors (Lipinski definition) is 1. The molecule has 4 heteroatoms. The zero-order valence-electron chi connectivity index (χ0n) is 12.8. The third-order valence-electron chi connectivity index (χ3n) is 5.86. The molecule has 4 unspecified atom stereocenters. The van der Waals surface area contributed by atoms with Gasteiger partial charge in [0.1, 0.15) is 6.10 Å². The highest BCUT2D eigenvalue weighted by atomic mass is 127. The van der Waals surface area contributed by atoms with Gasteiger partial charge in [0, 0.05) is 14.5 Å². The number of hydrogen-bond acceptors (Lipinski definition) is 3. The van der Waals surface area contributed by atoms with Gasteiger partial charge >= 0.3 is 5.97 Å². The lowest BCUT2D eigenvalue weighted by molar-refractivity contribution is -0.00851. The summed E-state index contributed by atoms with van der Waals surface area (Å²) in [6.07, 6.45) is 3.43. The van der Waals surface area contributed by atoms with Crippen molar-refractivity contribution in [2.45, 2.75) is 49.6 Å². The molecule has 21 heavy (non-hydrogen) atoms. The Kier molecular flexibility index (Phi) is 3.50. The molecule has 114 valence electrons. The molecular weight excluding hydrogens is 377 g/mol. The van der Waals surface area contributed by atoms with Gasteiger partial charge in [0.25, 0.3) is 0 Å². The summed E-state index contributed by atoms with van der Waals surface area (Å²) in [6.45, 7) is 6.50. The minimum absolute atomic E-state index is 0.0310. The van der Waals surface area contributed by atoms with Crippen molar-refractivity contribution in [1.82, 2.24) is 0 Å². The minimum Gasteiger partial charge on any atom is -0.458 e. The maximum absolute atomic E-state index is 12.4. The fourth-order valence-electron chi connectivity index (χ4n) is 3.97. The highest BCUT2D eigenvalue weighted by Gasteiger charge is 2.64. The summed E-state index contributed by atoms with van der Waals surface area (Å²) in [6, 6.07) is 5.34. The molecule has 2 aliphatic carbocycles. The lowest BCUT2D eigenvalue weighted by Crippen LogP contribution is -2.40. The van der Waals surface area contributed by atoms with Gasteiger partial charge in [-0.15, -0.1) is 0 Å². The number of esters is 1. The largest absolute Gasteiger partial charge is 0.458 e. The molecule has 2 bridgehead atoms. The molecule has 0 aliphatic heterocycles. The van der Waals surface area contributed by atoms with Crippen molar-refractivity contribution in [3.05, 3.63) is 29.3 Å². The summed E-state index contributed by atoms with van der Waals surface area (Å²) in [4.78, 5) is 12.4. The molecule has 0 aromatic heterocycles. The molecule has 1 aromatic rings. The van der Waals surface area contributed by atoms with Crippen LogP contribution in [0.1, 0.15) is 49.0 Å². The van der Waals surface area contributed by atoms with Crippen molar-refractivity contribution < 1.29 is 9.53 Å². The van der Waals surface area contributed by atoms with Crippen molar-refractivity contribution in [2.24, 2.45) is 11.3 Å². The Morgan fingerprint density at radius 3 is 2.67 bits per heavy atom. The first-order chi connectivity index (χ1) is 9.75. The summed E-state index contributed by atoms with van der Waals surface area (Å²) in [5.41, 5.74) is 8.13. The van der Waals surface area contributed by atoms with Crippen LogP contribution in [-0.4, -0.2) is 15.5 Å². The van der Waals surface area contributed by atoms with Gasteiger partial charge in [0.05, 0.1) is 5.56 Å². The number of carbonyl (C=O) groups is 1. The number of alkyl halides is 1. The van der Waals surface area contributed by atoms with E-state index in [1.54, 1.807) is 12.1 Å². The predicted octanol–water partition coefficient (Wildman–Crippen LogP) is 4.12. The smallest absolute Gasteiger partial charge is 0.338 e. The number of halogens is 1. The monoisotopic (exact) mass is 399 g/mol. The Morgan fingerprint density at radius 1 is 1.43 bits per heavy atom. The van der Waals surface area contributed by atoms with Crippen molar-refractivity contribution in [1.29, 1.82) is 0 Å². The third kappa shape index (κ3) is 2.17. The first kappa shape index (κ1) is 15.1. The van der Waals surface area contributed by atoms with Gasteiger partial charge in [-0.1, -0.05) is 29.5 Å². The van der Waals surface area contributed by atoms with E-state index in [1.807, 2.05) is 13.0 Å². The van der Waals surface area contributed by atoms with Crippen LogP contribution >= 0.6 is 22.6 Å². The van der Waals surface area contributed by atoms with Crippen molar-refractivity contribution in [2.75, 3.05) is 5.73 Å². The summed E-state index contributed by atoms with van der Waals surface area (Å²) >= 11 is 2.58. The van der Waals surface area contributed by atoms with Crippen LogP contribution in [0.4, 0.5) is 5.69 Å². The summed E-state index contributed by atoms with van der Waals surface area (Å²) in [5.74, 6) is 0.443. The predicted molar refractivity (Wildman–Crippen MR) is 92.7 cm³/mol. The molecule has 3 rings (SSSR count). The maximum atomic E-state index is 12.4. The number of benzene rings is 1. The Bertz CT molecular complexity index is 598. The number of aryl methyl sites for hydroxylation is 1. The standard InChI is InChI=1S/C17H22INO2/c1-10-8-11(4-5-13(10)19)15(20)21-14-9-12-6-7-16(14,2)17(12,3)18/h4-5,8,12,14H,6-7,9,19H2,1-3H3. The van der Waals surface area contributed by atoms with Crippen LogP contribution in [0.2, 0.25) is 0 Å². The number of anilines is 1. The van der Waals surface area contributed by atoms with Crippen molar-refractivity contribution in [3.63, 3.8) is 0 Å². The summed E-state index contributed by atoms with van der Waals surface area (Å²) in [5, 5.41) is 0. The van der Waals surface area contributed by atoms with Crippen LogP contribution < -0.4 is 5.73 Å². The molecule has 4 atom stereocenters. The van der Waals surface area contributed by atoms with Gasteiger partial charge in [-0.3, -0.25) is 0 Å². The molecule has 3 nitrogen and oxygen atoms in total. The van der Waals surface area contributed by atoms with E-state index in [2.05, 4.69) is 36.4 Å². The molecule has 1 aromatic carbocycles. The second-order valence-corrected chi connectivity index (χ2v) is 9.17. The molecule has 0 saturated heterocycles. The normalized spacial score (nSPS) is 37.7. The molecule has 2 fully saturated rings. The average Bonchev–Trinajstić information content (AvgIpc) is 2.75. The molecule has 2 saturated carbocycles. The number of nitrogen functional groups attached to an aromatic ring is 1. The minimum atomic E-state index is -0.218. The summed E-state index contributed by atoms with van der Waals surface area (Å²) < 4.78 is 6.11. The van der Waals surface area contributed by atoms with E-state index in [9.17, 15) is 4.79 Å². The van der Waals surface area contributed by atoms with Gasteiger partial charge in [0.2, 0.25) is 0 Å². The van der Waals surface area contributed by atoms with Crippen LogP contribution in [0.15, 0.2) is 18.2 Å². The second-order valence-electron chi connectivity index (χ2n) is 6.93. The Balaban J connectivity index is 1.79. The van der Waals surface area contributed by atoms with Gasteiger partial charge in [-0.05, 0) is 62.8 Å². The molecule has 0 heterocycles. The van der Waals surface area contributed by atoms with Gasteiger partial charge in [-0.2, -0.15) is 0 Å². The number of carbonyl (C=O) groups excluding carboxylic acids is 1. The lowest BCUT2D eigenvalue weighted by Gasteiger charge is -2.37. The Labute approximate surface area is 139 Å². The van der Waals surface area contributed by atoms with Crippen molar-refractivity contribution >= 4 is 34.2 Å². The molecular formula is C17H22INO2. The van der Waals surface area contributed by atoms with Crippen LogP contribution in [0, 0.1) is 18.3 Å². The highest BCUT2D eigenvalue weighted by molar-refractivity contribution is 14.1. The van der Waals surface area contributed by atoms with Gasteiger partial charge in [-0.25, -0.2) is 4.79 Å². The van der Waals surface area contributed by atoms with Crippen LogP contribution in [-0.2, 0) is 4.74 Å². The van der Waals surface area contributed by atoms with Gasteiger partial charge in [0.15, 0.2) is 0 Å². The van der Waals surface area contributed by atoms with Crippen LogP contribution in [0.5, 0.6) is 0 Å².